The van der Waals surface area contributed by atoms with E-state index in [1.165, 1.54) is 11.8 Å². The molecule has 0 aliphatic heterocycles. The zero-order chi connectivity index (χ0) is 15.2. The molecule has 0 saturated heterocycles. The number of aliphatic carboxylic acids is 1. The van der Waals surface area contributed by atoms with Crippen molar-refractivity contribution in [3.8, 4) is 0 Å². The lowest BCUT2D eigenvalue weighted by Crippen LogP contribution is -2.20. The Balaban J connectivity index is 2.32. The van der Waals surface area contributed by atoms with E-state index in [9.17, 15) is 4.79 Å². The van der Waals surface area contributed by atoms with Gasteiger partial charge in [0, 0.05) is 18.8 Å². The van der Waals surface area contributed by atoms with E-state index >= 15 is 0 Å². The van der Waals surface area contributed by atoms with Crippen molar-refractivity contribution in [1.82, 2.24) is 14.8 Å². The molecule has 0 fully saturated rings. The van der Waals surface area contributed by atoms with Crippen LogP contribution in [-0.4, -0.2) is 38.1 Å². The fraction of sp³-hybridized carbons (Fsp3) is 0.357. The molecule has 7 heteroatoms. The van der Waals surface area contributed by atoms with E-state index in [2.05, 4.69) is 15.1 Å². The second-order valence-corrected chi connectivity index (χ2v) is 5.23. The quantitative estimate of drug-likeness (QED) is 0.793. The molecule has 0 spiro atoms. The number of para-hydroxylation sites is 1. The smallest absolute Gasteiger partial charge is 0.313 e. The SMILES string of the molecule is CCN(c1ccccc1)c1nnc(SCC(=O)O)n1CC. The normalized spacial score (nSPS) is 10.6. The number of aromatic nitrogens is 3. The van der Waals surface area contributed by atoms with E-state index in [-0.39, 0.29) is 5.75 Å². The van der Waals surface area contributed by atoms with Gasteiger partial charge in [0.15, 0.2) is 5.16 Å². The van der Waals surface area contributed by atoms with Crippen LogP contribution in [0.5, 0.6) is 0 Å². The van der Waals surface area contributed by atoms with Crippen LogP contribution < -0.4 is 4.90 Å². The minimum atomic E-state index is -0.859. The Bertz CT molecular complexity index is 600. The molecule has 0 atom stereocenters. The molecule has 0 aliphatic rings. The van der Waals surface area contributed by atoms with Crippen molar-refractivity contribution in [2.24, 2.45) is 0 Å². The van der Waals surface area contributed by atoms with E-state index in [1.54, 1.807) is 0 Å². The van der Waals surface area contributed by atoms with Crippen molar-refractivity contribution in [3.05, 3.63) is 30.3 Å². The molecule has 0 bridgehead atoms. The summed E-state index contributed by atoms with van der Waals surface area (Å²) in [6.45, 7) is 5.49. The Labute approximate surface area is 127 Å². The molecule has 0 amide bonds. The predicted molar refractivity (Wildman–Crippen MR) is 83.2 cm³/mol. The number of anilines is 2. The molecule has 1 heterocycles. The van der Waals surface area contributed by atoms with Crippen LogP contribution in [0, 0.1) is 0 Å². The summed E-state index contributed by atoms with van der Waals surface area (Å²) < 4.78 is 1.93. The summed E-state index contributed by atoms with van der Waals surface area (Å²) in [6.07, 6.45) is 0. The highest BCUT2D eigenvalue weighted by molar-refractivity contribution is 7.99. The average molecular weight is 306 g/mol. The van der Waals surface area contributed by atoms with Gasteiger partial charge in [0.05, 0.1) is 5.75 Å². The largest absolute Gasteiger partial charge is 0.481 e. The zero-order valence-corrected chi connectivity index (χ0v) is 12.9. The first-order valence-corrected chi connectivity index (χ1v) is 7.76. The maximum Gasteiger partial charge on any atom is 0.313 e. The Morgan fingerprint density at radius 3 is 2.57 bits per heavy atom. The van der Waals surface area contributed by atoms with Crippen LogP contribution in [0.2, 0.25) is 0 Å². The van der Waals surface area contributed by atoms with Gasteiger partial charge >= 0.3 is 5.97 Å². The van der Waals surface area contributed by atoms with Crippen molar-refractivity contribution in [2.45, 2.75) is 25.5 Å². The predicted octanol–water partition coefficient (Wildman–Crippen LogP) is 2.63. The van der Waals surface area contributed by atoms with Gasteiger partial charge in [-0.25, -0.2) is 0 Å². The Morgan fingerprint density at radius 2 is 2.00 bits per heavy atom. The van der Waals surface area contributed by atoms with Crippen LogP contribution in [-0.2, 0) is 11.3 Å². The number of carboxylic acid groups (broad SMARTS) is 1. The highest BCUT2D eigenvalue weighted by Crippen LogP contribution is 2.27. The molecular weight excluding hydrogens is 288 g/mol. The van der Waals surface area contributed by atoms with Crippen molar-refractivity contribution in [3.63, 3.8) is 0 Å². The van der Waals surface area contributed by atoms with Gasteiger partial charge in [0.25, 0.3) is 0 Å². The van der Waals surface area contributed by atoms with Crippen LogP contribution in [0.3, 0.4) is 0 Å². The van der Waals surface area contributed by atoms with Gasteiger partial charge in [-0.2, -0.15) is 0 Å². The molecule has 112 valence electrons. The molecule has 2 aromatic rings. The molecule has 0 saturated carbocycles. The third-order valence-electron chi connectivity index (χ3n) is 2.96. The summed E-state index contributed by atoms with van der Waals surface area (Å²) in [5, 5.41) is 17.8. The highest BCUT2D eigenvalue weighted by Gasteiger charge is 2.18. The number of hydrogen-bond donors (Lipinski definition) is 1. The maximum atomic E-state index is 10.7. The molecule has 0 radical (unpaired) electrons. The molecule has 2 rings (SSSR count). The molecule has 0 aliphatic carbocycles. The third kappa shape index (κ3) is 3.55. The second kappa shape index (κ2) is 7.12. The monoisotopic (exact) mass is 306 g/mol. The van der Waals surface area contributed by atoms with Crippen LogP contribution >= 0.6 is 11.8 Å². The highest BCUT2D eigenvalue weighted by atomic mass is 32.2. The minimum Gasteiger partial charge on any atom is -0.481 e. The number of carbonyl (C=O) groups is 1. The van der Waals surface area contributed by atoms with E-state index < -0.39 is 5.97 Å². The Morgan fingerprint density at radius 1 is 1.29 bits per heavy atom. The Hall–Kier alpha value is -2.02. The molecule has 21 heavy (non-hydrogen) atoms. The number of benzene rings is 1. The topological polar surface area (TPSA) is 71.2 Å². The van der Waals surface area contributed by atoms with Gasteiger partial charge in [-0.3, -0.25) is 9.36 Å². The van der Waals surface area contributed by atoms with Crippen LogP contribution in [0.1, 0.15) is 13.8 Å². The van der Waals surface area contributed by atoms with Crippen LogP contribution in [0.15, 0.2) is 35.5 Å². The van der Waals surface area contributed by atoms with Crippen LogP contribution in [0.4, 0.5) is 11.6 Å². The van der Waals surface area contributed by atoms with E-state index in [0.717, 1.165) is 18.2 Å². The first-order valence-electron chi connectivity index (χ1n) is 6.77. The summed E-state index contributed by atoms with van der Waals surface area (Å²) in [4.78, 5) is 12.8. The summed E-state index contributed by atoms with van der Waals surface area (Å²) in [5.41, 5.74) is 1.04. The van der Waals surface area contributed by atoms with Gasteiger partial charge in [0.1, 0.15) is 0 Å². The summed E-state index contributed by atoms with van der Waals surface area (Å²) in [5.74, 6) is -0.142. The minimum absolute atomic E-state index is 0.0183. The second-order valence-electron chi connectivity index (χ2n) is 4.29. The van der Waals surface area contributed by atoms with E-state index in [0.29, 0.717) is 11.7 Å². The molecule has 1 aromatic carbocycles. The molecule has 0 unspecified atom stereocenters. The first kappa shape index (κ1) is 15.4. The van der Waals surface area contributed by atoms with Crippen molar-refractivity contribution in [2.75, 3.05) is 17.2 Å². The summed E-state index contributed by atoms with van der Waals surface area (Å²) >= 11 is 1.19. The van der Waals surface area contributed by atoms with E-state index in [4.69, 9.17) is 5.11 Å². The number of nitrogens with zero attached hydrogens (tertiary/aromatic N) is 4. The number of thioether (sulfide) groups is 1. The standard InChI is InChI=1S/C14H18N4O2S/c1-3-17(11-8-6-5-7-9-11)13-15-16-14(18(13)4-2)21-10-12(19)20/h5-9H,3-4,10H2,1-2H3,(H,19,20). The molecule has 6 nitrogen and oxygen atoms in total. The lowest BCUT2D eigenvalue weighted by atomic mass is 10.3. The maximum absolute atomic E-state index is 10.7. The van der Waals surface area contributed by atoms with Gasteiger partial charge in [-0.05, 0) is 26.0 Å². The van der Waals surface area contributed by atoms with E-state index in [1.807, 2.05) is 48.7 Å². The summed E-state index contributed by atoms with van der Waals surface area (Å²) in [7, 11) is 0. The van der Waals surface area contributed by atoms with Crippen molar-refractivity contribution in [1.29, 1.82) is 0 Å². The molecule has 1 N–H and O–H groups in total. The third-order valence-corrected chi connectivity index (χ3v) is 3.92. The lowest BCUT2D eigenvalue weighted by Gasteiger charge is -2.22. The molecular formula is C14H18N4O2S. The van der Waals surface area contributed by atoms with Crippen LogP contribution in [0.25, 0.3) is 0 Å². The fourth-order valence-corrected chi connectivity index (χ4v) is 2.76. The van der Waals surface area contributed by atoms with Gasteiger partial charge in [-0.15, -0.1) is 10.2 Å². The zero-order valence-electron chi connectivity index (χ0n) is 12.1. The fourth-order valence-electron chi connectivity index (χ4n) is 2.04. The first-order chi connectivity index (χ1) is 10.2. The molecule has 1 aromatic heterocycles. The van der Waals surface area contributed by atoms with Crippen molar-refractivity contribution < 1.29 is 9.90 Å². The van der Waals surface area contributed by atoms with Crippen molar-refractivity contribution >= 4 is 29.4 Å². The summed E-state index contributed by atoms with van der Waals surface area (Å²) in [6, 6.07) is 9.95. The number of rotatable bonds is 7. The van der Waals surface area contributed by atoms with Gasteiger partial charge in [0.2, 0.25) is 5.95 Å². The van der Waals surface area contributed by atoms with Gasteiger partial charge < -0.3 is 10.0 Å². The Kier molecular flexibility index (Phi) is 5.21. The number of hydrogen-bond acceptors (Lipinski definition) is 5. The average Bonchev–Trinajstić information content (AvgIpc) is 2.90. The lowest BCUT2D eigenvalue weighted by molar-refractivity contribution is -0.133. The van der Waals surface area contributed by atoms with Gasteiger partial charge in [-0.1, -0.05) is 30.0 Å². The number of carboxylic acids is 1.